The number of para-hydroxylation sites is 1. The van der Waals surface area contributed by atoms with Gasteiger partial charge in [0, 0.05) is 23.9 Å². The van der Waals surface area contributed by atoms with Gasteiger partial charge < -0.3 is 5.11 Å². The summed E-state index contributed by atoms with van der Waals surface area (Å²) in [5, 5.41) is 9.83. The van der Waals surface area contributed by atoms with Crippen LogP contribution in [0.5, 0.6) is 0 Å². The Morgan fingerprint density at radius 2 is 1.68 bits per heavy atom. The molecule has 2 aromatic rings. The molecule has 0 aliphatic carbocycles. The molecule has 0 fully saturated rings. The summed E-state index contributed by atoms with van der Waals surface area (Å²) < 4.78 is 1.73. The number of unbranched alkanes of at least 4 members (excludes halogenated alkanes) is 7. The second-order valence-electron chi connectivity index (χ2n) is 7.42. The Bertz CT molecular complexity index is 788. The molecule has 0 spiro atoms. The fraction of sp³-hybridized carbons (Fsp3) is 0.500. The van der Waals surface area contributed by atoms with Crippen molar-refractivity contribution in [3.05, 3.63) is 42.1 Å². The van der Waals surface area contributed by atoms with Gasteiger partial charge in [0.25, 0.3) is 0 Å². The van der Waals surface area contributed by atoms with Crippen molar-refractivity contribution in [1.82, 2.24) is 4.57 Å². The molecule has 1 aromatic heterocycles. The van der Waals surface area contributed by atoms with Crippen LogP contribution in [0, 0.1) is 0 Å². The summed E-state index contributed by atoms with van der Waals surface area (Å²) in [6, 6.07) is 9.87. The lowest BCUT2D eigenvalue weighted by Crippen LogP contribution is -2.12. The number of aromatic nitrogens is 1. The van der Waals surface area contributed by atoms with Gasteiger partial charge in [0.05, 0.1) is 5.52 Å². The number of nitrogens with zero attached hydrogens (tertiary/aromatic N) is 1. The number of carbonyl (C=O) groups is 2. The number of rotatable bonds is 13. The van der Waals surface area contributed by atoms with Crippen LogP contribution in [0.2, 0.25) is 0 Å². The number of aliphatic carboxylic acids is 1. The first-order valence-electron chi connectivity index (χ1n) is 10.7. The van der Waals surface area contributed by atoms with E-state index >= 15 is 0 Å². The average molecular weight is 384 g/mol. The van der Waals surface area contributed by atoms with Crippen LogP contribution in [0.3, 0.4) is 0 Å². The largest absolute Gasteiger partial charge is 0.481 e. The van der Waals surface area contributed by atoms with Crippen molar-refractivity contribution in [1.29, 1.82) is 0 Å². The molecule has 28 heavy (non-hydrogen) atoms. The van der Waals surface area contributed by atoms with Gasteiger partial charge in [-0.3, -0.25) is 14.2 Å². The lowest BCUT2D eigenvalue weighted by atomic mass is 10.1. The fourth-order valence-electron chi connectivity index (χ4n) is 3.50. The first-order valence-corrected chi connectivity index (χ1v) is 10.7. The zero-order valence-electron chi connectivity index (χ0n) is 17.0. The summed E-state index contributed by atoms with van der Waals surface area (Å²) in [5.41, 5.74) is 1.77. The second kappa shape index (κ2) is 12.2. The lowest BCUT2D eigenvalue weighted by molar-refractivity contribution is -0.137. The van der Waals surface area contributed by atoms with Gasteiger partial charge in [0.1, 0.15) is 0 Å². The number of carboxylic acid groups (broad SMARTS) is 1. The smallest absolute Gasteiger partial charge is 0.303 e. The van der Waals surface area contributed by atoms with Gasteiger partial charge in [0.15, 0.2) is 0 Å². The minimum Gasteiger partial charge on any atom is -0.481 e. The fourth-order valence-corrected chi connectivity index (χ4v) is 3.50. The van der Waals surface area contributed by atoms with Crippen LogP contribution >= 0.6 is 0 Å². The summed E-state index contributed by atoms with van der Waals surface area (Å²) in [7, 11) is 0. The van der Waals surface area contributed by atoms with Gasteiger partial charge in [-0.05, 0) is 37.5 Å². The minimum atomic E-state index is -0.861. The van der Waals surface area contributed by atoms with E-state index in [4.69, 9.17) is 5.11 Å². The Balaban J connectivity index is 1.95. The van der Waals surface area contributed by atoms with Crippen molar-refractivity contribution < 1.29 is 14.7 Å². The third-order valence-electron chi connectivity index (χ3n) is 5.03. The molecule has 0 radical (unpaired) electrons. The Morgan fingerprint density at radius 1 is 0.964 bits per heavy atom. The molecule has 4 nitrogen and oxygen atoms in total. The zero-order chi connectivity index (χ0) is 20.2. The van der Waals surface area contributed by atoms with E-state index in [1.54, 1.807) is 4.57 Å². The summed E-state index contributed by atoms with van der Waals surface area (Å²) >= 11 is 0. The molecule has 0 aliphatic heterocycles. The van der Waals surface area contributed by atoms with E-state index in [0.717, 1.165) is 23.0 Å². The van der Waals surface area contributed by atoms with E-state index in [2.05, 4.69) is 13.0 Å². The molecule has 0 amide bonds. The highest BCUT2D eigenvalue weighted by Gasteiger charge is 2.13. The summed E-state index contributed by atoms with van der Waals surface area (Å²) in [6.07, 6.45) is 14.9. The lowest BCUT2D eigenvalue weighted by Gasteiger charge is -2.07. The molecule has 4 heteroatoms. The maximum Gasteiger partial charge on any atom is 0.303 e. The van der Waals surface area contributed by atoms with Crippen LogP contribution in [0.15, 0.2) is 36.4 Å². The summed E-state index contributed by atoms with van der Waals surface area (Å²) in [6.45, 7) is 2.24. The summed E-state index contributed by atoms with van der Waals surface area (Å²) in [5.74, 6) is -0.905. The third-order valence-corrected chi connectivity index (χ3v) is 5.03. The molecule has 1 heterocycles. The monoisotopic (exact) mass is 383 g/mol. The SMILES string of the molecule is CCCCCCCCC/C=C\c1cc2ccccc2n1C(=O)CCCC(=O)O. The average Bonchev–Trinajstić information content (AvgIpc) is 3.04. The third kappa shape index (κ3) is 6.99. The molecule has 0 bridgehead atoms. The van der Waals surface area contributed by atoms with Gasteiger partial charge >= 0.3 is 5.97 Å². The van der Waals surface area contributed by atoms with Crippen LogP contribution in [0.1, 0.15) is 88.0 Å². The van der Waals surface area contributed by atoms with Gasteiger partial charge in [-0.15, -0.1) is 0 Å². The molecule has 0 saturated heterocycles. The molecule has 0 unspecified atom stereocenters. The maximum atomic E-state index is 12.7. The highest BCUT2D eigenvalue weighted by molar-refractivity contribution is 5.95. The van der Waals surface area contributed by atoms with E-state index in [0.29, 0.717) is 6.42 Å². The number of allylic oxidation sites excluding steroid dienone is 1. The number of hydrogen-bond acceptors (Lipinski definition) is 2. The van der Waals surface area contributed by atoms with Crippen LogP contribution in [-0.4, -0.2) is 21.6 Å². The molecular weight excluding hydrogens is 350 g/mol. The predicted molar refractivity (Wildman–Crippen MR) is 116 cm³/mol. The van der Waals surface area contributed by atoms with Crippen LogP contribution in [0.4, 0.5) is 0 Å². The van der Waals surface area contributed by atoms with Crippen molar-refractivity contribution in [3.8, 4) is 0 Å². The van der Waals surface area contributed by atoms with E-state index in [-0.39, 0.29) is 18.7 Å². The van der Waals surface area contributed by atoms with E-state index < -0.39 is 5.97 Å². The van der Waals surface area contributed by atoms with Crippen molar-refractivity contribution in [2.24, 2.45) is 0 Å². The molecule has 0 aliphatic rings. The Labute approximate surface area is 168 Å². The van der Waals surface area contributed by atoms with Crippen molar-refractivity contribution >= 4 is 28.9 Å². The number of fused-ring (bicyclic) bond motifs is 1. The number of hydrogen-bond donors (Lipinski definition) is 1. The standard InChI is InChI=1S/C24H33NO3/c1-2-3-4-5-6-7-8-9-10-15-21-19-20-14-11-12-16-22(20)25(21)23(26)17-13-18-24(27)28/h10-12,14-16,19H,2-9,13,17-18H2,1H3,(H,27,28)/b15-10-. The number of carbonyl (C=O) groups excluding carboxylic acids is 1. The van der Waals surface area contributed by atoms with Crippen LogP contribution in [-0.2, 0) is 4.79 Å². The first-order chi connectivity index (χ1) is 13.6. The highest BCUT2D eigenvalue weighted by Crippen LogP contribution is 2.22. The quantitative estimate of drug-likeness (QED) is 0.392. The molecule has 2 rings (SSSR count). The van der Waals surface area contributed by atoms with Crippen LogP contribution in [0.25, 0.3) is 17.0 Å². The highest BCUT2D eigenvalue weighted by atomic mass is 16.4. The van der Waals surface area contributed by atoms with E-state index in [1.165, 1.54) is 44.9 Å². The Morgan fingerprint density at radius 3 is 2.43 bits per heavy atom. The normalized spacial score (nSPS) is 11.5. The van der Waals surface area contributed by atoms with Crippen molar-refractivity contribution in [2.45, 2.75) is 77.6 Å². The zero-order valence-corrected chi connectivity index (χ0v) is 17.0. The van der Waals surface area contributed by atoms with Crippen molar-refractivity contribution in [2.75, 3.05) is 0 Å². The molecule has 0 saturated carbocycles. The maximum absolute atomic E-state index is 12.7. The van der Waals surface area contributed by atoms with Crippen LogP contribution < -0.4 is 0 Å². The summed E-state index contributed by atoms with van der Waals surface area (Å²) in [4.78, 5) is 23.4. The minimum absolute atomic E-state index is 0.0222. The Hall–Kier alpha value is -2.36. The molecular formula is C24H33NO3. The molecule has 1 aromatic carbocycles. The van der Waals surface area contributed by atoms with Gasteiger partial charge in [-0.2, -0.15) is 0 Å². The molecule has 1 N–H and O–H groups in total. The van der Waals surface area contributed by atoms with Gasteiger partial charge in [-0.25, -0.2) is 0 Å². The predicted octanol–water partition coefficient (Wildman–Crippen LogP) is 6.69. The van der Waals surface area contributed by atoms with Crippen molar-refractivity contribution in [3.63, 3.8) is 0 Å². The molecule has 0 atom stereocenters. The van der Waals surface area contributed by atoms with E-state index in [9.17, 15) is 9.59 Å². The number of carboxylic acids is 1. The molecule has 152 valence electrons. The van der Waals surface area contributed by atoms with Gasteiger partial charge in [-0.1, -0.05) is 69.7 Å². The number of benzene rings is 1. The Kier molecular flexibility index (Phi) is 9.53. The topological polar surface area (TPSA) is 59.3 Å². The van der Waals surface area contributed by atoms with Gasteiger partial charge in [0.2, 0.25) is 5.91 Å². The first kappa shape index (κ1) is 21.9. The second-order valence-corrected chi connectivity index (χ2v) is 7.42. The van der Waals surface area contributed by atoms with E-state index in [1.807, 2.05) is 36.4 Å².